The summed E-state index contributed by atoms with van der Waals surface area (Å²) in [6.45, 7) is 11.8. The monoisotopic (exact) mass is 599 g/mol. The number of benzene rings is 2. The standard InChI is InChI=1S/C37H53N5O2/c1-4-7-13-28(6-3)36-32-14-9-10-15-34(32)42(22-5-2)37(44)33(39-36)27-35(43)38-29-16-18-30(19-17-29)41-25-20-31(21-26-41)40-23-11-8-12-24-40/h9-10,14-19,28,31,33H,4-8,11-13,20-27H2,1-3H3,(H,38,43). The number of anilines is 3. The normalized spacial score (nSPS) is 20.6. The van der Waals surface area contributed by atoms with E-state index in [9.17, 15) is 9.59 Å². The summed E-state index contributed by atoms with van der Waals surface area (Å²) in [5, 5.41) is 3.07. The Morgan fingerprint density at radius 1 is 0.932 bits per heavy atom. The molecule has 2 aromatic carbocycles. The quantitative estimate of drug-likeness (QED) is 0.278. The van der Waals surface area contributed by atoms with E-state index < -0.39 is 6.04 Å². The lowest BCUT2D eigenvalue weighted by Gasteiger charge is -2.41. The van der Waals surface area contributed by atoms with Gasteiger partial charge in [0.05, 0.1) is 12.1 Å². The van der Waals surface area contributed by atoms with Crippen molar-refractivity contribution in [3.8, 4) is 0 Å². The van der Waals surface area contributed by atoms with E-state index in [1.165, 1.54) is 50.9 Å². The molecule has 1 N–H and O–H groups in total. The second-order valence-corrected chi connectivity index (χ2v) is 12.9. The Hall–Kier alpha value is -3.19. The van der Waals surface area contributed by atoms with E-state index in [2.05, 4.69) is 54.1 Å². The van der Waals surface area contributed by atoms with Crippen molar-refractivity contribution in [1.82, 2.24) is 4.90 Å². The van der Waals surface area contributed by atoms with Crippen molar-refractivity contribution in [3.05, 3.63) is 54.1 Å². The van der Waals surface area contributed by atoms with Gasteiger partial charge in [0.25, 0.3) is 5.91 Å². The highest BCUT2D eigenvalue weighted by Crippen LogP contribution is 2.32. The molecular formula is C37H53N5O2. The summed E-state index contributed by atoms with van der Waals surface area (Å²) in [7, 11) is 0. The van der Waals surface area contributed by atoms with Crippen LogP contribution < -0.4 is 15.1 Å². The number of para-hydroxylation sites is 1. The van der Waals surface area contributed by atoms with Gasteiger partial charge in [0, 0.05) is 54.2 Å². The number of carbonyl (C=O) groups excluding carboxylic acids is 2. The van der Waals surface area contributed by atoms with E-state index in [1.807, 2.05) is 35.2 Å². The van der Waals surface area contributed by atoms with Gasteiger partial charge in [-0.15, -0.1) is 0 Å². The average molecular weight is 600 g/mol. The Morgan fingerprint density at radius 2 is 1.66 bits per heavy atom. The van der Waals surface area contributed by atoms with Crippen LogP contribution in [0.5, 0.6) is 0 Å². The Balaban J connectivity index is 1.26. The van der Waals surface area contributed by atoms with Crippen LogP contribution in [0.25, 0.3) is 0 Å². The molecule has 2 unspecified atom stereocenters. The summed E-state index contributed by atoms with van der Waals surface area (Å²) in [5.74, 6) is -0.00263. The third-order valence-electron chi connectivity index (χ3n) is 9.82. The SMILES string of the molecule is CCCCC(CC)C1=NC(CC(=O)Nc2ccc(N3CCC(N4CCCCC4)CC3)cc2)C(=O)N(CCC)c2ccccc21. The van der Waals surface area contributed by atoms with Gasteiger partial charge in [-0.2, -0.15) is 0 Å². The van der Waals surface area contributed by atoms with Crippen LogP contribution in [0.3, 0.4) is 0 Å². The molecular weight excluding hydrogens is 546 g/mol. The highest BCUT2D eigenvalue weighted by molar-refractivity contribution is 6.14. The van der Waals surface area contributed by atoms with E-state index >= 15 is 0 Å². The number of hydrogen-bond acceptors (Lipinski definition) is 5. The molecule has 0 radical (unpaired) electrons. The van der Waals surface area contributed by atoms with Crippen LogP contribution in [0.15, 0.2) is 53.5 Å². The van der Waals surface area contributed by atoms with Gasteiger partial charge in [0.15, 0.2) is 0 Å². The van der Waals surface area contributed by atoms with Crippen molar-refractivity contribution in [1.29, 1.82) is 0 Å². The molecule has 7 nitrogen and oxygen atoms in total. The Bertz CT molecular complexity index is 1260. The maximum absolute atomic E-state index is 13.9. The van der Waals surface area contributed by atoms with Crippen molar-refractivity contribution in [2.75, 3.05) is 47.8 Å². The zero-order valence-electron chi connectivity index (χ0n) is 27.3. The molecule has 3 aliphatic heterocycles. The third kappa shape index (κ3) is 7.71. The maximum atomic E-state index is 13.9. The molecule has 2 amide bonds. The van der Waals surface area contributed by atoms with Gasteiger partial charge in [-0.25, -0.2) is 0 Å². The number of carbonyl (C=O) groups is 2. The van der Waals surface area contributed by atoms with Gasteiger partial charge < -0.3 is 20.0 Å². The molecule has 0 bridgehead atoms. The first-order valence-corrected chi connectivity index (χ1v) is 17.4. The first kappa shape index (κ1) is 32.2. The van der Waals surface area contributed by atoms with Crippen LogP contribution in [0.2, 0.25) is 0 Å². The van der Waals surface area contributed by atoms with E-state index in [4.69, 9.17) is 4.99 Å². The van der Waals surface area contributed by atoms with Crippen molar-refractivity contribution in [2.24, 2.45) is 10.9 Å². The van der Waals surface area contributed by atoms with E-state index in [0.717, 1.165) is 73.9 Å². The largest absolute Gasteiger partial charge is 0.371 e. The highest BCUT2D eigenvalue weighted by atomic mass is 16.2. The van der Waals surface area contributed by atoms with Crippen LogP contribution in [0.1, 0.15) is 97.0 Å². The lowest BCUT2D eigenvalue weighted by atomic mass is 9.88. The maximum Gasteiger partial charge on any atom is 0.252 e. The summed E-state index contributed by atoms with van der Waals surface area (Å²) in [4.78, 5) is 39.5. The minimum atomic E-state index is -0.736. The Morgan fingerprint density at radius 3 is 2.34 bits per heavy atom. The van der Waals surface area contributed by atoms with Crippen molar-refractivity contribution in [2.45, 2.75) is 103 Å². The van der Waals surface area contributed by atoms with E-state index in [-0.39, 0.29) is 24.2 Å². The number of rotatable bonds is 12. The number of piperidine rings is 2. The fraction of sp³-hybridized carbons (Fsp3) is 0.595. The molecule has 2 fully saturated rings. The predicted molar refractivity (Wildman–Crippen MR) is 183 cm³/mol. The second-order valence-electron chi connectivity index (χ2n) is 12.9. The van der Waals surface area contributed by atoms with Gasteiger partial charge in [-0.1, -0.05) is 58.2 Å². The lowest BCUT2D eigenvalue weighted by Crippen LogP contribution is -2.46. The van der Waals surface area contributed by atoms with Crippen LogP contribution >= 0.6 is 0 Å². The van der Waals surface area contributed by atoms with Gasteiger partial charge in [0.1, 0.15) is 6.04 Å². The molecule has 2 atom stereocenters. The number of aliphatic imine (C=N–C) groups is 1. The zero-order valence-corrected chi connectivity index (χ0v) is 27.3. The van der Waals surface area contributed by atoms with Crippen LogP contribution in [0.4, 0.5) is 17.1 Å². The summed E-state index contributed by atoms with van der Waals surface area (Å²) < 4.78 is 0. The molecule has 3 heterocycles. The van der Waals surface area contributed by atoms with Crippen molar-refractivity contribution >= 4 is 34.6 Å². The molecule has 238 valence electrons. The number of unbranched alkanes of at least 4 members (excludes halogenated alkanes) is 1. The minimum Gasteiger partial charge on any atom is -0.371 e. The molecule has 7 heteroatoms. The van der Waals surface area contributed by atoms with Crippen LogP contribution in [-0.4, -0.2) is 67.2 Å². The van der Waals surface area contributed by atoms with Crippen LogP contribution in [-0.2, 0) is 9.59 Å². The first-order valence-electron chi connectivity index (χ1n) is 17.4. The van der Waals surface area contributed by atoms with Gasteiger partial charge in [-0.05, 0) is 88.4 Å². The fourth-order valence-electron chi connectivity index (χ4n) is 7.33. The number of fused-ring (bicyclic) bond motifs is 1. The molecule has 2 saturated heterocycles. The number of hydrogen-bond donors (Lipinski definition) is 1. The number of nitrogens with one attached hydrogen (secondary N) is 1. The lowest BCUT2D eigenvalue weighted by molar-refractivity contribution is -0.123. The van der Waals surface area contributed by atoms with Crippen LogP contribution in [0, 0.1) is 5.92 Å². The van der Waals surface area contributed by atoms with E-state index in [0.29, 0.717) is 6.54 Å². The average Bonchev–Trinajstić information content (AvgIpc) is 3.17. The van der Waals surface area contributed by atoms with Crippen molar-refractivity contribution < 1.29 is 9.59 Å². The summed E-state index contributed by atoms with van der Waals surface area (Å²) in [6.07, 6.45) is 11.6. The van der Waals surface area contributed by atoms with Crippen molar-refractivity contribution in [3.63, 3.8) is 0 Å². The van der Waals surface area contributed by atoms with E-state index in [1.54, 1.807) is 0 Å². The minimum absolute atomic E-state index is 0.0342. The molecule has 5 rings (SSSR count). The molecule has 44 heavy (non-hydrogen) atoms. The Labute approximate surface area is 265 Å². The zero-order chi connectivity index (χ0) is 30.9. The topological polar surface area (TPSA) is 68.2 Å². The smallest absolute Gasteiger partial charge is 0.252 e. The fourth-order valence-corrected chi connectivity index (χ4v) is 7.33. The Kier molecular flexibility index (Phi) is 11.5. The molecule has 3 aliphatic rings. The van der Waals surface area contributed by atoms with Gasteiger partial charge >= 0.3 is 0 Å². The molecule has 2 aromatic rings. The molecule has 0 aromatic heterocycles. The summed E-state index contributed by atoms with van der Waals surface area (Å²) in [6, 6.07) is 16.3. The molecule has 0 aliphatic carbocycles. The predicted octanol–water partition coefficient (Wildman–Crippen LogP) is 7.30. The number of amides is 2. The second kappa shape index (κ2) is 15.7. The third-order valence-corrected chi connectivity index (χ3v) is 9.82. The number of nitrogens with zero attached hydrogens (tertiary/aromatic N) is 4. The number of benzodiazepines with no additional fused rings is 1. The first-order chi connectivity index (χ1) is 21.5. The molecule has 0 spiro atoms. The van der Waals surface area contributed by atoms with Gasteiger partial charge in [-0.3, -0.25) is 14.6 Å². The summed E-state index contributed by atoms with van der Waals surface area (Å²) >= 11 is 0. The number of likely N-dealkylation sites (tertiary alicyclic amines) is 1. The van der Waals surface area contributed by atoms with Gasteiger partial charge in [0.2, 0.25) is 5.91 Å². The summed E-state index contributed by atoms with van der Waals surface area (Å²) in [5.41, 5.74) is 4.91. The highest BCUT2D eigenvalue weighted by Gasteiger charge is 2.34. The molecule has 0 saturated carbocycles.